The average Bonchev–Trinajstić information content (AvgIpc) is 3.16. The molecule has 0 bridgehead atoms. The number of para-hydroxylation sites is 2. The van der Waals surface area contributed by atoms with Crippen molar-refractivity contribution in [3.8, 4) is 5.75 Å². The maximum Gasteiger partial charge on any atom is 0.224 e. The lowest BCUT2D eigenvalue weighted by Crippen LogP contribution is -2.36. The van der Waals surface area contributed by atoms with E-state index >= 15 is 0 Å². The fraction of sp³-hybridized carbons (Fsp3) is 0.462. The number of piperidine rings is 1. The Kier molecular flexibility index (Phi) is 7.10. The number of hydrogen-bond donors (Lipinski definition) is 1. The van der Waals surface area contributed by atoms with Gasteiger partial charge in [-0.25, -0.2) is 4.98 Å². The van der Waals surface area contributed by atoms with Gasteiger partial charge in [-0.15, -0.1) is 0 Å². The Labute approximate surface area is 190 Å². The van der Waals surface area contributed by atoms with Gasteiger partial charge in [0.2, 0.25) is 5.91 Å². The summed E-state index contributed by atoms with van der Waals surface area (Å²) in [6, 6.07) is 14.1. The molecule has 1 aromatic heterocycles. The van der Waals surface area contributed by atoms with Gasteiger partial charge in [0, 0.05) is 25.2 Å². The number of ether oxygens (including phenoxy) is 1. The van der Waals surface area contributed by atoms with Crippen LogP contribution in [0.4, 0.5) is 5.69 Å². The Morgan fingerprint density at radius 3 is 2.88 bits per heavy atom. The van der Waals surface area contributed by atoms with E-state index in [1.807, 2.05) is 25.1 Å². The van der Waals surface area contributed by atoms with Crippen LogP contribution in [0.5, 0.6) is 5.75 Å². The number of carbonyl (C=O) groups excluding carboxylic acids is 1. The van der Waals surface area contributed by atoms with E-state index in [-0.39, 0.29) is 5.91 Å². The van der Waals surface area contributed by atoms with Crippen molar-refractivity contribution in [3.63, 3.8) is 0 Å². The molecule has 0 unspecified atom stereocenters. The maximum atomic E-state index is 12.5. The molecular formula is C26H34N4O2. The lowest BCUT2D eigenvalue weighted by Gasteiger charge is -2.32. The first-order chi connectivity index (χ1) is 15.6. The van der Waals surface area contributed by atoms with Crippen molar-refractivity contribution in [2.45, 2.75) is 52.6 Å². The molecule has 2 heterocycles. The number of anilines is 1. The van der Waals surface area contributed by atoms with Crippen molar-refractivity contribution in [1.82, 2.24) is 14.5 Å². The van der Waals surface area contributed by atoms with E-state index < -0.39 is 0 Å². The van der Waals surface area contributed by atoms with E-state index in [1.54, 1.807) is 7.11 Å². The molecule has 170 valence electrons. The van der Waals surface area contributed by atoms with Crippen molar-refractivity contribution < 1.29 is 9.53 Å². The Bertz CT molecular complexity index is 1070. The second-order valence-electron chi connectivity index (χ2n) is 8.77. The predicted molar refractivity (Wildman–Crippen MR) is 129 cm³/mol. The van der Waals surface area contributed by atoms with Crippen LogP contribution in [0.25, 0.3) is 11.0 Å². The normalized spacial score (nSPS) is 16.9. The van der Waals surface area contributed by atoms with Gasteiger partial charge in [0.1, 0.15) is 11.6 Å². The fourth-order valence-corrected chi connectivity index (χ4v) is 4.78. The summed E-state index contributed by atoms with van der Waals surface area (Å²) in [5.74, 6) is 2.58. The molecule has 32 heavy (non-hydrogen) atoms. The smallest absolute Gasteiger partial charge is 0.224 e. The van der Waals surface area contributed by atoms with E-state index in [4.69, 9.17) is 9.72 Å². The summed E-state index contributed by atoms with van der Waals surface area (Å²) in [7, 11) is 1.65. The minimum atomic E-state index is 0.0863. The molecule has 0 radical (unpaired) electrons. The van der Waals surface area contributed by atoms with Crippen LogP contribution in [-0.4, -0.2) is 40.6 Å². The molecular weight excluding hydrogens is 400 g/mol. The number of aryl methyl sites for hydroxylation is 2. The van der Waals surface area contributed by atoms with E-state index in [1.165, 1.54) is 18.4 Å². The molecule has 1 aliphatic rings. The van der Waals surface area contributed by atoms with Gasteiger partial charge in [-0.2, -0.15) is 0 Å². The second kappa shape index (κ2) is 10.2. The number of fused-ring (bicyclic) bond motifs is 1. The number of hydrogen-bond acceptors (Lipinski definition) is 4. The van der Waals surface area contributed by atoms with Gasteiger partial charge in [-0.1, -0.05) is 12.1 Å². The quantitative estimate of drug-likeness (QED) is 0.542. The van der Waals surface area contributed by atoms with Gasteiger partial charge in [0.15, 0.2) is 0 Å². The highest BCUT2D eigenvalue weighted by Crippen LogP contribution is 2.25. The third kappa shape index (κ3) is 5.13. The molecule has 6 heteroatoms. The largest absolute Gasteiger partial charge is 0.497 e. The maximum absolute atomic E-state index is 12.5. The number of amides is 1. The van der Waals surface area contributed by atoms with Crippen molar-refractivity contribution in [2.75, 3.05) is 25.5 Å². The topological polar surface area (TPSA) is 59.4 Å². The van der Waals surface area contributed by atoms with Crippen LogP contribution in [0.2, 0.25) is 0 Å². The monoisotopic (exact) mass is 434 g/mol. The third-order valence-corrected chi connectivity index (χ3v) is 6.51. The molecule has 0 saturated carbocycles. The predicted octanol–water partition coefficient (Wildman–Crippen LogP) is 5.00. The second-order valence-corrected chi connectivity index (χ2v) is 8.77. The third-order valence-electron chi connectivity index (χ3n) is 6.51. The van der Waals surface area contributed by atoms with Crippen LogP contribution in [0, 0.1) is 12.8 Å². The highest BCUT2D eigenvalue weighted by molar-refractivity contribution is 5.91. The van der Waals surface area contributed by atoms with E-state index in [9.17, 15) is 4.79 Å². The van der Waals surface area contributed by atoms with Gasteiger partial charge in [0.25, 0.3) is 0 Å². The lowest BCUT2D eigenvalue weighted by molar-refractivity contribution is -0.116. The molecule has 6 nitrogen and oxygen atoms in total. The van der Waals surface area contributed by atoms with Gasteiger partial charge in [-0.3, -0.25) is 9.69 Å². The van der Waals surface area contributed by atoms with Crippen LogP contribution in [0.15, 0.2) is 42.5 Å². The van der Waals surface area contributed by atoms with Crippen molar-refractivity contribution in [2.24, 2.45) is 5.92 Å². The van der Waals surface area contributed by atoms with Crippen LogP contribution >= 0.6 is 0 Å². The summed E-state index contributed by atoms with van der Waals surface area (Å²) in [5.41, 5.74) is 4.16. The van der Waals surface area contributed by atoms with Crippen LogP contribution in [0.3, 0.4) is 0 Å². The summed E-state index contributed by atoms with van der Waals surface area (Å²) < 4.78 is 7.57. The number of nitrogens with one attached hydrogen (secondary N) is 1. The Morgan fingerprint density at radius 2 is 2.09 bits per heavy atom. The number of carbonyl (C=O) groups is 1. The zero-order valence-corrected chi connectivity index (χ0v) is 19.4. The summed E-state index contributed by atoms with van der Waals surface area (Å²) in [6.45, 7) is 8.09. The van der Waals surface area contributed by atoms with Crippen molar-refractivity contribution >= 4 is 22.6 Å². The Morgan fingerprint density at radius 1 is 1.25 bits per heavy atom. The van der Waals surface area contributed by atoms with E-state index in [2.05, 4.69) is 46.0 Å². The van der Waals surface area contributed by atoms with Crippen LogP contribution < -0.4 is 10.1 Å². The molecule has 1 amide bonds. The van der Waals surface area contributed by atoms with Crippen LogP contribution in [0.1, 0.15) is 44.0 Å². The summed E-state index contributed by atoms with van der Waals surface area (Å²) in [5, 5.41) is 3.06. The Hall–Kier alpha value is -2.86. The molecule has 1 N–H and O–H groups in total. The van der Waals surface area contributed by atoms with Crippen molar-refractivity contribution in [1.29, 1.82) is 0 Å². The zero-order chi connectivity index (χ0) is 22.5. The first-order valence-electron chi connectivity index (χ1n) is 11.7. The molecule has 0 spiro atoms. The zero-order valence-electron chi connectivity index (χ0n) is 19.4. The number of imidazole rings is 1. The number of nitrogens with zero attached hydrogens (tertiary/aromatic N) is 3. The average molecular weight is 435 g/mol. The highest BCUT2D eigenvalue weighted by Gasteiger charge is 2.22. The first-order valence-corrected chi connectivity index (χ1v) is 11.7. The minimum absolute atomic E-state index is 0.0863. The fourth-order valence-electron chi connectivity index (χ4n) is 4.78. The number of likely N-dealkylation sites (tertiary alicyclic amines) is 1. The van der Waals surface area contributed by atoms with Gasteiger partial charge >= 0.3 is 0 Å². The van der Waals surface area contributed by atoms with Crippen molar-refractivity contribution in [3.05, 3.63) is 53.9 Å². The molecule has 1 saturated heterocycles. The molecule has 3 aromatic rings. The van der Waals surface area contributed by atoms with Gasteiger partial charge in [0.05, 0.1) is 24.7 Å². The molecule has 0 aliphatic carbocycles. The number of benzene rings is 2. The number of methoxy groups -OCH3 is 1. The molecule has 2 aromatic carbocycles. The molecule has 1 fully saturated rings. The summed E-state index contributed by atoms with van der Waals surface area (Å²) in [4.78, 5) is 19.9. The number of aromatic nitrogens is 2. The van der Waals surface area contributed by atoms with Gasteiger partial charge in [-0.05, 0) is 81.5 Å². The molecule has 1 aliphatic heterocycles. The standard InChI is InChI=1S/C26H34N4O2/c1-4-30-24-10-6-5-9-23(24)27-25(30)18-29-15-7-8-20(17-29)11-14-26(31)28-22-13-12-21(32-3)16-19(22)2/h5-6,9-10,12-13,16,20H,4,7-8,11,14-15,17-18H2,1-3H3,(H,28,31)/t20-/m0/s1. The van der Waals surface area contributed by atoms with Crippen LogP contribution in [-0.2, 0) is 17.9 Å². The summed E-state index contributed by atoms with van der Waals surface area (Å²) in [6.07, 6.45) is 3.84. The summed E-state index contributed by atoms with van der Waals surface area (Å²) >= 11 is 0. The Balaban J connectivity index is 1.31. The lowest BCUT2D eigenvalue weighted by atomic mass is 9.93. The van der Waals surface area contributed by atoms with Gasteiger partial charge < -0.3 is 14.6 Å². The molecule has 1 atom stereocenters. The molecule has 4 rings (SSSR count). The number of rotatable bonds is 8. The van der Waals surface area contributed by atoms with E-state index in [0.717, 1.165) is 60.9 Å². The minimum Gasteiger partial charge on any atom is -0.497 e. The highest BCUT2D eigenvalue weighted by atomic mass is 16.5. The van der Waals surface area contributed by atoms with E-state index in [0.29, 0.717) is 12.3 Å². The SMILES string of the molecule is CCn1c(CN2CCC[C@@H](CCC(=O)Nc3ccc(OC)cc3C)C2)nc2ccccc21. The first kappa shape index (κ1) is 22.3.